The van der Waals surface area contributed by atoms with E-state index in [-0.39, 0.29) is 34.8 Å². The van der Waals surface area contributed by atoms with Crippen LogP contribution in [0.25, 0.3) is 0 Å². The summed E-state index contributed by atoms with van der Waals surface area (Å²) in [5, 5.41) is 3.03. The molecule has 41 heavy (non-hydrogen) atoms. The van der Waals surface area contributed by atoms with E-state index >= 15 is 0 Å². The van der Waals surface area contributed by atoms with Crippen LogP contribution in [0.1, 0.15) is 43.7 Å². The van der Waals surface area contributed by atoms with Gasteiger partial charge in [-0.2, -0.15) is 0 Å². The molecule has 1 fully saturated rings. The van der Waals surface area contributed by atoms with Gasteiger partial charge in [0.05, 0.1) is 17.7 Å². The van der Waals surface area contributed by atoms with Crippen molar-refractivity contribution in [1.29, 1.82) is 0 Å². The molecular formula is C31H36FN3O5S. The fraction of sp³-hybridized carbons (Fsp3) is 0.355. The number of halogens is 1. The second-order valence-corrected chi connectivity index (χ2v) is 12.2. The molecule has 3 aromatic carbocycles. The predicted molar refractivity (Wildman–Crippen MR) is 156 cm³/mol. The van der Waals surface area contributed by atoms with E-state index in [0.717, 1.165) is 35.6 Å². The largest absolute Gasteiger partial charge is 0.495 e. The first-order chi connectivity index (χ1) is 19.6. The number of sulfonamides is 1. The maximum Gasteiger partial charge on any atom is 0.264 e. The molecule has 0 heterocycles. The van der Waals surface area contributed by atoms with Gasteiger partial charge in [-0.1, -0.05) is 54.8 Å². The van der Waals surface area contributed by atoms with Crippen LogP contribution in [0, 0.1) is 12.7 Å². The highest BCUT2D eigenvalue weighted by molar-refractivity contribution is 7.92. The van der Waals surface area contributed by atoms with E-state index in [4.69, 9.17) is 4.74 Å². The van der Waals surface area contributed by atoms with Gasteiger partial charge in [-0.05, 0) is 68.7 Å². The smallest absolute Gasteiger partial charge is 0.264 e. The van der Waals surface area contributed by atoms with Crippen molar-refractivity contribution >= 4 is 27.5 Å². The van der Waals surface area contributed by atoms with Crippen LogP contribution < -0.4 is 14.4 Å². The highest BCUT2D eigenvalue weighted by Crippen LogP contribution is 2.32. The lowest BCUT2D eigenvalue weighted by Gasteiger charge is -2.32. The van der Waals surface area contributed by atoms with Crippen molar-refractivity contribution < 1.29 is 27.1 Å². The SMILES string of the molecule is COc1ccccc1N(CC(=O)N(Cc1ccc(F)cc1)C(C)C(=O)NC1CCCC1)S(=O)(=O)c1ccc(C)cc1. The Labute approximate surface area is 241 Å². The van der Waals surface area contributed by atoms with Crippen molar-refractivity contribution in [2.75, 3.05) is 18.0 Å². The van der Waals surface area contributed by atoms with Gasteiger partial charge in [0.1, 0.15) is 24.2 Å². The van der Waals surface area contributed by atoms with Crippen molar-refractivity contribution in [2.24, 2.45) is 0 Å². The van der Waals surface area contributed by atoms with Crippen LogP contribution in [0.3, 0.4) is 0 Å². The van der Waals surface area contributed by atoms with Crippen LogP contribution in [-0.4, -0.2) is 50.9 Å². The van der Waals surface area contributed by atoms with Gasteiger partial charge >= 0.3 is 0 Å². The van der Waals surface area contributed by atoms with Gasteiger partial charge in [-0.15, -0.1) is 0 Å². The molecule has 0 saturated heterocycles. The number of hydrogen-bond donors (Lipinski definition) is 1. The number of para-hydroxylation sites is 2. The van der Waals surface area contributed by atoms with Crippen LogP contribution in [-0.2, 0) is 26.2 Å². The maximum absolute atomic E-state index is 14.0. The minimum Gasteiger partial charge on any atom is -0.495 e. The van der Waals surface area contributed by atoms with E-state index in [1.807, 2.05) is 6.92 Å². The van der Waals surface area contributed by atoms with Gasteiger partial charge in [0, 0.05) is 12.6 Å². The Hall–Kier alpha value is -3.92. The first-order valence-corrected chi connectivity index (χ1v) is 15.1. The summed E-state index contributed by atoms with van der Waals surface area (Å²) in [6.45, 7) is 2.87. The summed E-state index contributed by atoms with van der Waals surface area (Å²) in [6, 6.07) is 17.7. The molecule has 1 N–H and O–H groups in total. The van der Waals surface area contributed by atoms with Gasteiger partial charge in [-0.3, -0.25) is 13.9 Å². The summed E-state index contributed by atoms with van der Waals surface area (Å²) in [7, 11) is -2.80. The zero-order chi connectivity index (χ0) is 29.6. The lowest BCUT2D eigenvalue weighted by atomic mass is 10.1. The normalized spacial score (nSPS) is 14.3. The van der Waals surface area contributed by atoms with Gasteiger partial charge < -0.3 is 15.0 Å². The van der Waals surface area contributed by atoms with Crippen molar-refractivity contribution in [1.82, 2.24) is 10.2 Å². The Balaban J connectivity index is 1.71. The molecular weight excluding hydrogens is 545 g/mol. The molecule has 218 valence electrons. The van der Waals surface area contributed by atoms with Crippen LogP contribution >= 0.6 is 0 Å². The molecule has 0 bridgehead atoms. The number of carbonyl (C=O) groups excluding carboxylic acids is 2. The van der Waals surface area contributed by atoms with Gasteiger partial charge in [0.15, 0.2) is 0 Å². The van der Waals surface area contributed by atoms with Crippen LogP contribution in [0.2, 0.25) is 0 Å². The molecule has 2 amide bonds. The monoisotopic (exact) mass is 581 g/mol. The molecule has 0 spiro atoms. The van der Waals surface area contributed by atoms with Crippen molar-refractivity contribution in [3.8, 4) is 5.75 Å². The van der Waals surface area contributed by atoms with E-state index in [2.05, 4.69) is 5.32 Å². The Morgan fingerprint density at radius 3 is 2.27 bits per heavy atom. The summed E-state index contributed by atoms with van der Waals surface area (Å²) in [4.78, 5) is 28.7. The summed E-state index contributed by atoms with van der Waals surface area (Å²) in [5.41, 5.74) is 1.68. The molecule has 1 aliphatic carbocycles. The summed E-state index contributed by atoms with van der Waals surface area (Å²) in [5.74, 6) is -1.07. The average Bonchev–Trinajstić information content (AvgIpc) is 3.48. The van der Waals surface area contributed by atoms with Crippen LogP contribution in [0.5, 0.6) is 5.75 Å². The standard InChI is InChI=1S/C31H36FN3O5S/c1-22-12-18-27(19-13-22)41(38,39)35(28-10-6-7-11-29(28)40-3)21-30(36)34(20-24-14-16-25(32)17-15-24)23(2)31(37)33-26-8-4-5-9-26/h6-7,10-19,23,26H,4-5,8-9,20-21H2,1-3H3,(H,33,37). The van der Waals surface area contributed by atoms with Gasteiger partial charge in [0.25, 0.3) is 10.0 Å². The summed E-state index contributed by atoms with van der Waals surface area (Å²) >= 11 is 0. The lowest BCUT2D eigenvalue weighted by Crippen LogP contribution is -2.52. The summed E-state index contributed by atoms with van der Waals surface area (Å²) in [6.07, 6.45) is 3.81. The Kier molecular flexibility index (Phi) is 9.65. The van der Waals surface area contributed by atoms with E-state index in [1.54, 1.807) is 43.3 Å². The van der Waals surface area contributed by atoms with E-state index < -0.39 is 34.3 Å². The lowest BCUT2D eigenvalue weighted by molar-refractivity contribution is -0.139. The number of rotatable bonds is 11. The molecule has 3 aromatic rings. The molecule has 10 heteroatoms. The zero-order valence-corrected chi connectivity index (χ0v) is 24.4. The summed E-state index contributed by atoms with van der Waals surface area (Å²) < 4.78 is 48.0. The number of nitrogens with one attached hydrogen (secondary N) is 1. The molecule has 8 nitrogen and oxygen atoms in total. The molecule has 1 aliphatic rings. The molecule has 1 saturated carbocycles. The maximum atomic E-state index is 14.0. The number of nitrogens with zero attached hydrogens (tertiary/aromatic N) is 2. The number of aryl methyl sites for hydroxylation is 1. The first kappa shape index (κ1) is 30.0. The Bertz CT molecular complexity index is 1460. The second-order valence-electron chi connectivity index (χ2n) is 10.3. The highest BCUT2D eigenvalue weighted by Gasteiger charge is 2.34. The number of benzene rings is 3. The predicted octanol–water partition coefficient (Wildman–Crippen LogP) is 4.81. The number of anilines is 1. The molecule has 4 rings (SSSR count). The van der Waals surface area contributed by atoms with E-state index in [0.29, 0.717) is 5.56 Å². The van der Waals surface area contributed by atoms with Crippen molar-refractivity contribution in [3.05, 3.63) is 89.7 Å². The minimum absolute atomic E-state index is 0.0112. The van der Waals surface area contributed by atoms with E-state index in [9.17, 15) is 22.4 Å². The van der Waals surface area contributed by atoms with Gasteiger partial charge in [0.2, 0.25) is 11.8 Å². The Morgan fingerprint density at radius 1 is 1.00 bits per heavy atom. The fourth-order valence-corrected chi connectivity index (χ4v) is 6.37. The molecule has 1 unspecified atom stereocenters. The van der Waals surface area contributed by atoms with Crippen molar-refractivity contribution in [3.63, 3.8) is 0 Å². The minimum atomic E-state index is -4.22. The number of methoxy groups -OCH3 is 1. The fourth-order valence-electron chi connectivity index (χ4n) is 4.95. The van der Waals surface area contributed by atoms with Crippen molar-refractivity contribution in [2.45, 2.75) is 63.1 Å². The number of ether oxygens (including phenoxy) is 1. The third kappa shape index (κ3) is 7.24. The van der Waals surface area contributed by atoms with Crippen LogP contribution in [0.4, 0.5) is 10.1 Å². The Morgan fingerprint density at radius 2 is 1.63 bits per heavy atom. The molecule has 0 aromatic heterocycles. The van der Waals surface area contributed by atoms with Crippen LogP contribution in [0.15, 0.2) is 77.7 Å². The molecule has 1 atom stereocenters. The third-order valence-corrected chi connectivity index (χ3v) is 9.15. The first-order valence-electron chi connectivity index (χ1n) is 13.7. The second kappa shape index (κ2) is 13.2. The third-order valence-electron chi connectivity index (χ3n) is 7.38. The average molecular weight is 582 g/mol. The van der Waals surface area contributed by atoms with E-state index in [1.165, 1.54) is 48.4 Å². The zero-order valence-electron chi connectivity index (χ0n) is 23.5. The molecule has 0 radical (unpaired) electrons. The quantitative estimate of drug-likeness (QED) is 0.351. The number of amides is 2. The van der Waals surface area contributed by atoms with Gasteiger partial charge in [-0.25, -0.2) is 12.8 Å². The number of carbonyl (C=O) groups is 2. The number of hydrogen-bond acceptors (Lipinski definition) is 5. The highest BCUT2D eigenvalue weighted by atomic mass is 32.2. The topological polar surface area (TPSA) is 96.0 Å². The molecule has 0 aliphatic heterocycles.